The second-order valence-electron chi connectivity index (χ2n) is 3.01. The summed E-state index contributed by atoms with van der Waals surface area (Å²) in [7, 11) is 0. The molecule has 3 heteroatoms. The number of aliphatic hydroxyl groups is 1. The molecule has 0 aliphatic rings. The number of hydrogen-bond donors (Lipinski definition) is 1. The number of aliphatic hydroxyl groups excluding tert-OH is 1. The molecule has 1 heterocycles. The summed E-state index contributed by atoms with van der Waals surface area (Å²) in [4.78, 5) is 10.8. The predicted octanol–water partition coefficient (Wildman–Crippen LogP) is 1.86. The highest BCUT2D eigenvalue weighted by Crippen LogP contribution is 2.16. The van der Waals surface area contributed by atoms with E-state index in [0.717, 1.165) is 12.8 Å². The van der Waals surface area contributed by atoms with Gasteiger partial charge >= 0.3 is 5.63 Å². The Bertz CT molecular complexity index is 303. The molecule has 0 bridgehead atoms. The smallest absolute Gasteiger partial charge is 0.335 e. The molecular weight excluding hydrogens is 168 g/mol. The zero-order chi connectivity index (χ0) is 9.68. The molecular formula is C10H14O3. The van der Waals surface area contributed by atoms with Crippen molar-refractivity contribution in [3.05, 3.63) is 34.4 Å². The topological polar surface area (TPSA) is 50.4 Å². The van der Waals surface area contributed by atoms with Crippen LogP contribution in [0.1, 0.15) is 38.1 Å². The fourth-order valence-electron chi connectivity index (χ4n) is 1.12. The first-order chi connectivity index (χ1) is 6.24. The van der Waals surface area contributed by atoms with E-state index in [1.807, 2.05) is 6.92 Å². The van der Waals surface area contributed by atoms with Crippen LogP contribution in [0.3, 0.4) is 0 Å². The van der Waals surface area contributed by atoms with Crippen LogP contribution in [0.5, 0.6) is 0 Å². The Morgan fingerprint density at radius 3 is 2.92 bits per heavy atom. The maximum absolute atomic E-state index is 10.8. The lowest BCUT2D eigenvalue weighted by Crippen LogP contribution is -2.03. The van der Waals surface area contributed by atoms with Crippen molar-refractivity contribution < 1.29 is 9.52 Å². The first-order valence-electron chi connectivity index (χ1n) is 4.52. The molecule has 0 radical (unpaired) electrons. The van der Waals surface area contributed by atoms with Crippen LogP contribution >= 0.6 is 0 Å². The van der Waals surface area contributed by atoms with Gasteiger partial charge in [0.25, 0.3) is 0 Å². The Morgan fingerprint density at radius 2 is 2.31 bits per heavy atom. The molecule has 0 spiro atoms. The minimum atomic E-state index is -0.645. The Balaban J connectivity index is 2.65. The molecule has 0 fully saturated rings. The predicted molar refractivity (Wildman–Crippen MR) is 49.5 cm³/mol. The largest absolute Gasteiger partial charge is 0.425 e. The van der Waals surface area contributed by atoms with E-state index in [0.29, 0.717) is 12.2 Å². The molecule has 1 N–H and O–H groups in total. The summed E-state index contributed by atoms with van der Waals surface area (Å²) < 4.78 is 4.83. The van der Waals surface area contributed by atoms with E-state index in [1.54, 1.807) is 12.1 Å². The van der Waals surface area contributed by atoms with Crippen molar-refractivity contribution in [3.63, 3.8) is 0 Å². The zero-order valence-electron chi connectivity index (χ0n) is 7.69. The van der Waals surface area contributed by atoms with Crippen molar-refractivity contribution in [3.8, 4) is 0 Å². The maximum Gasteiger partial charge on any atom is 0.335 e. The molecule has 1 atom stereocenters. The maximum atomic E-state index is 10.8. The van der Waals surface area contributed by atoms with Crippen LogP contribution in [0.15, 0.2) is 27.4 Å². The molecule has 0 aliphatic heterocycles. The summed E-state index contributed by atoms with van der Waals surface area (Å²) >= 11 is 0. The highest BCUT2D eigenvalue weighted by Gasteiger charge is 2.08. The molecule has 0 aromatic carbocycles. The number of unbranched alkanes of at least 4 members (excludes halogenated alkanes) is 1. The van der Waals surface area contributed by atoms with Gasteiger partial charge in [-0.1, -0.05) is 25.8 Å². The second kappa shape index (κ2) is 4.82. The quantitative estimate of drug-likeness (QED) is 0.773. The van der Waals surface area contributed by atoms with Crippen LogP contribution in [0.4, 0.5) is 0 Å². The van der Waals surface area contributed by atoms with Crippen molar-refractivity contribution in [1.29, 1.82) is 0 Å². The molecule has 0 saturated carbocycles. The van der Waals surface area contributed by atoms with Gasteiger partial charge in [-0.3, -0.25) is 0 Å². The van der Waals surface area contributed by atoms with Crippen molar-refractivity contribution in [2.45, 2.75) is 32.3 Å². The third kappa shape index (κ3) is 3.03. The lowest BCUT2D eigenvalue weighted by Gasteiger charge is -2.07. The monoisotopic (exact) mass is 182 g/mol. The lowest BCUT2D eigenvalue weighted by atomic mass is 10.1. The standard InChI is InChI=1S/C10H14O3/c1-2-3-5-8(11)9-6-4-7-10(12)13-9/h4,6-8,11H,2-3,5H2,1H3/t8-/m0/s1. The Hall–Kier alpha value is -1.09. The first-order valence-corrected chi connectivity index (χ1v) is 4.52. The van der Waals surface area contributed by atoms with Crippen LogP contribution in [-0.2, 0) is 0 Å². The van der Waals surface area contributed by atoms with Gasteiger partial charge in [0.15, 0.2) is 0 Å². The van der Waals surface area contributed by atoms with E-state index in [4.69, 9.17) is 4.42 Å². The highest BCUT2D eigenvalue weighted by molar-refractivity contribution is 5.02. The molecule has 3 nitrogen and oxygen atoms in total. The number of hydrogen-bond acceptors (Lipinski definition) is 3. The zero-order valence-corrected chi connectivity index (χ0v) is 7.69. The number of rotatable bonds is 4. The van der Waals surface area contributed by atoms with Gasteiger partial charge in [0.05, 0.1) is 0 Å². The summed E-state index contributed by atoms with van der Waals surface area (Å²) in [5.74, 6) is 0.362. The summed E-state index contributed by atoms with van der Waals surface area (Å²) in [6.45, 7) is 2.05. The summed E-state index contributed by atoms with van der Waals surface area (Å²) in [5.41, 5.74) is -0.409. The van der Waals surface area contributed by atoms with Crippen molar-refractivity contribution in [2.75, 3.05) is 0 Å². The van der Waals surface area contributed by atoms with Crippen molar-refractivity contribution >= 4 is 0 Å². The average Bonchev–Trinajstić information content (AvgIpc) is 2.14. The lowest BCUT2D eigenvalue weighted by molar-refractivity contribution is 0.133. The van der Waals surface area contributed by atoms with Gasteiger partial charge in [-0.2, -0.15) is 0 Å². The van der Waals surface area contributed by atoms with Crippen LogP contribution < -0.4 is 5.63 Å². The summed E-state index contributed by atoms with van der Waals surface area (Å²) in [5, 5.41) is 9.54. The normalized spacial score (nSPS) is 12.8. The van der Waals surface area contributed by atoms with Crippen LogP contribution in [0.2, 0.25) is 0 Å². The van der Waals surface area contributed by atoms with E-state index in [9.17, 15) is 9.90 Å². The first kappa shape index (κ1) is 9.99. The SMILES string of the molecule is CCCC[C@H](O)c1cccc(=O)o1. The summed E-state index contributed by atoms with van der Waals surface area (Å²) in [6.07, 6.45) is 1.95. The molecule has 0 amide bonds. The molecule has 1 aromatic rings. The minimum Gasteiger partial charge on any atom is -0.425 e. The van der Waals surface area contributed by atoms with Gasteiger partial charge in [-0.25, -0.2) is 4.79 Å². The van der Waals surface area contributed by atoms with Crippen molar-refractivity contribution in [2.24, 2.45) is 0 Å². The van der Waals surface area contributed by atoms with Crippen LogP contribution in [-0.4, -0.2) is 5.11 Å². The third-order valence-corrected chi connectivity index (χ3v) is 1.87. The van der Waals surface area contributed by atoms with Gasteiger partial charge < -0.3 is 9.52 Å². The fourth-order valence-corrected chi connectivity index (χ4v) is 1.12. The third-order valence-electron chi connectivity index (χ3n) is 1.87. The van der Waals surface area contributed by atoms with Crippen LogP contribution in [0.25, 0.3) is 0 Å². The van der Waals surface area contributed by atoms with E-state index in [-0.39, 0.29) is 0 Å². The Kier molecular flexibility index (Phi) is 3.71. The van der Waals surface area contributed by atoms with Gasteiger partial charge in [-0.15, -0.1) is 0 Å². The molecule has 13 heavy (non-hydrogen) atoms. The minimum absolute atomic E-state index is 0.362. The molecule has 0 saturated heterocycles. The fraction of sp³-hybridized carbons (Fsp3) is 0.500. The van der Waals surface area contributed by atoms with Gasteiger partial charge in [0.1, 0.15) is 11.9 Å². The Morgan fingerprint density at radius 1 is 1.54 bits per heavy atom. The van der Waals surface area contributed by atoms with Gasteiger partial charge in [-0.05, 0) is 12.5 Å². The van der Waals surface area contributed by atoms with Crippen LogP contribution in [0, 0.1) is 0 Å². The second-order valence-corrected chi connectivity index (χ2v) is 3.01. The van der Waals surface area contributed by atoms with Gasteiger partial charge in [0, 0.05) is 6.07 Å². The van der Waals surface area contributed by atoms with Gasteiger partial charge in [0.2, 0.25) is 0 Å². The van der Waals surface area contributed by atoms with E-state index in [1.165, 1.54) is 6.07 Å². The molecule has 0 unspecified atom stereocenters. The van der Waals surface area contributed by atoms with E-state index >= 15 is 0 Å². The van der Waals surface area contributed by atoms with E-state index in [2.05, 4.69) is 0 Å². The summed E-state index contributed by atoms with van der Waals surface area (Å²) in [6, 6.07) is 4.55. The van der Waals surface area contributed by atoms with E-state index < -0.39 is 11.7 Å². The average molecular weight is 182 g/mol. The highest BCUT2D eigenvalue weighted by atomic mass is 16.4. The molecule has 72 valence electrons. The van der Waals surface area contributed by atoms with Crippen molar-refractivity contribution in [1.82, 2.24) is 0 Å². The molecule has 1 rings (SSSR count). The molecule has 0 aliphatic carbocycles. The Labute approximate surface area is 77.0 Å². The molecule has 1 aromatic heterocycles.